The fourth-order valence-electron chi connectivity index (χ4n) is 3.06. The lowest BCUT2D eigenvalue weighted by Crippen LogP contribution is -2.23. The van der Waals surface area contributed by atoms with E-state index in [1.54, 1.807) is 11.8 Å². The first-order chi connectivity index (χ1) is 12.6. The van der Waals surface area contributed by atoms with Crippen LogP contribution in [0.15, 0.2) is 30.3 Å². The van der Waals surface area contributed by atoms with Gasteiger partial charge in [0.1, 0.15) is 5.00 Å². The van der Waals surface area contributed by atoms with Crippen LogP contribution in [0.2, 0.25) is 0 Å². The maximum atomic E-state index is 12.6. The molecule has 138 valence electrons. The van der Waals surface area contributed by atoms with Crippen LogP contribution in [0.1, 0.15) is 46.1 Å². The summed E-state index contributed by atoms with van der Waals surface area (Å²) in [6, 6.07) is 10.1. The fourth-order valence-corrected chi connectivity index (χ4v) is 5.18. The number of carbonyl (C=O) groups is 2. The molecule has 3 rings (SSSR count). The molecule has 1 aromatic carbocycles. The summed E-state index contributed by atoms with van der Waals surface area (Å²) in [5.74, 6) is 0.346. The molecule has 0 radical (unpaired) electrons. The van der Waals surface area contributed by atoms with E-state index in [4.69, 9.17) is 4.74 Å². The smallest absolute Gasteiger partial charge is 0.341 e. The second-order valence-corrected chi connectivity index (χ2v) is 8.77. The number of esters is 1. The van der Waals surface area contributed by atoms with Crippen molar-refractivity contribution < 1.29 is 14.3 Å². The number of rotatable bonds is 6. The topological polar surface area (TPSA) is 55.4 Å². The zero-order valence-electron chi connectivity index (χ0n) is 15.0. The molecule has 1 aliphatic rings. The molecule has 0 bridgehead atoms. The molecule has 2 aromatic rings. The zero-order valence-corrected chi connectivity index (χ0v) is 16.7. The van der Waals surface area contributed by atoms with E-state index in [2.05, 4.69) is 17.4 Å². The van der Waals surface area contributed by atoms with Crippen LogP contribution < -0.4 is 5.32 Å². The minimum absolute atomic E-state index is 0.0744. The Morgan fingerprint density at radius 1 is 1.23 bits per heavy atom. The monoisotopic (exact) mass is 389 g/mol. The van der Waals surface area contributed by atoms with Crippen LogP contribution in [0.5, 0.6) is 0 Å². The van der Waals surface area contributed by atoms with Crippen molar-refractivity contribution >= 4 is 40.0 Å². The van der Waals surface area contributed by atoms with Crippen molar-refractivity contribution in [3.05, 3.63) is 51.9 Å². The largest absolute Gasteiger partial charge is 0.465 e. The van der Waals surface area contributed by atoms with E-state index < -0.39 is 0 Å². The van der Waals surface area contributed by atoms with Gasteiger partial charge in [0.05, 0.1) is 17.9 Å². The van der Waals surface area contributed by atoms with Crippen molar-refractivity contribution in [1.29, 1.82) is 0 Å². The van der Waals surface area contributed by atoms with Gasteiger partial charge in [0.15, 0.2) is 0 Å². The third-order valence-electron chi connectivity index (χ3n) is 4.51. The van der Waals surface area contributed by atoms with Crippen LogP contribution in [-0.4, -0.2) is 24.2 Å². The van der Waals surface area contributed by atoms with Gasteiger partial charge in [-0.05, 0) is 43.7 Å². The third-order valence-corrected chi connectivity index (χ3v) is 6.93. The second kappa shape index (κ2) is 8.73. The first-order valence-corrected chi connectivity index (χ1v) is 10.7. The Kier molecular flexibility index (Phi) is 6.38. The van der Waals surface area contributed by atoms with E-state index in [9.17, 15) is 9.59 Å². The molecule has 1 aliphatic carbocycles. The van der Waals surface area contributed by atoms with E-state index in [0.717, 1.165) is 37.0 Å². The molecule has 1 atom stereocenters. The second-order valence-electron chi connectivity index (χ2n) is 6.33. The van der Waals surface area contributed by atoms with Gasteiger partial charge in [0.2, 0.25) is 5.91 Å². The maximum Gasteiger partial charge on any atom is 0.341 e. The number of ether oxygens (including phenoxy) is 1. The Morgan fingerprint density at radius 3 is 2.69 bits per heavy atom. The van der Waals surface area contributed by atoms with E-state index in [0.29, 0.717) is 10.6 Å². The molecule has 1 heterocycles. The molecule has 1 unspecified atom stereocenters. The highest BCUT2D eigenvalue weighted by Gasteiger charge is 2.27. The quantitative estimate of drug-likeness (QED) is 0.729. The third kappa shape index (κ3) is 4.30. The number of aryl methyl sites for hydroxylation is 1. The lowest BCUT2D eigenvalue weighted by Gasteiger charge is -2.13. The Morgan fingerprint density at radius 2 is 1.96 bits per heavy atom. The predicted octanol–water partition coefficient (Wildman–Crippen LogP) is 4.67. The molecule has 1 N–H and O–H groups in total. The molecule has 0 fully saturated rings. The van der Waals surface area contributed by atoms with Crippen LogP contribution in [0.25, 0.3) is 0 Å². The van der Waals surface area contributed by atoms with Gasteiger partial charge in [-0.15, -0.1) is 23.1 Å². The Bertz CT molecular complexity index is 786. The molecular weight excluding hydrogens is 366 g/mol. The highest BCUT2D eigenvalue weighted by molar-refractivity contribution is 7.99. The molecule has 1 amide bonds. The molecule has 4 nitrogen and oxygen atoms in total. The molecule has 0 aliphatic heterocycles. The number of thioether (sulfide) groups is 1. The normalized spacial score (nSPS) is 14.4. The van der Waals surface area contributed by atoms with Gasteiger partial charge in [-0.2, -0.15) is 0 Å². The van der Waals surface area contributed by atoms with Crippen molar-refractivity contribution in [3.63, 3.8) is 0 Å². The first-order valence-electron chi connectivity index (χ1n) is 8.79. The van der Waals surface area contributed by atoms with Crippen LogP contribution >= 0.6 is 23.1 Å². The summed E-state index contributed by atoms with van der Waals surface area (Å²) < 4.78 is 4.96. The van der Waals surface area contributed by atoms with Crippen molar-refractivity contribution in [2.75, 3.05) is 12.4 Å². The number of anilines is 1. The summed E-state index contributed by atoms with van der Waals surface area (Å²) in [6.45, 7) is 1.90. The molecule has 0 spiro atoms. The number of benzene rings is 1. The van der Waals surface area contributed by atoms with Gasteiger partial charge in [-0.3, -0.25) is 4.79 Å². The fraction of sp³-hybridized carbons (Fsp3) is 0.400. The molecular formula is C20H23NO3S2. The average molecular weight is 390 g/mol. The highest BCUT2D eigenvalue weighted by Crippen LogP contribution is 2.38. The first kappa shape index (κ1) is 19.0. The lowest BCUT2D eigenvalue weighted by atomic mass is 9.95. The number of thiophene rings is 1. The number of nitrogens with one attached hydrogen (secondary N) is 1. The summed E-state index contributed by atoms with van der Waals surface area (Å²) in [5.41, 5.74) is 2.81. The molecule has 26 heavy (non-hydrogen) atoms. The van der Waals surface area contributed by atoms with Gasteiger partial charge in [-0.1, -0.05) is 30.3 Å². The van der Waals surface area contributed by atoms with Gasteiger partial charge in [-0.25, -0.2) is 4.79 Å². The van der Waals surface area contributed by atoms with E-state index in [-0.39, 0.29) is 17.1 Å². The number of amides is 1. The van der Waals surface area contributed by atoms with Crippen molar-refractivity contribution in [2.24, 2.45) is 0 Å². The van der Waals surface area contributed by atoms with Crippen LogP contribution in [0.4, 0.5) is 5.00 Å². The zero-order chi connectivity index (χ0) is 18.5. The van der Waals surface area contributed by atoms with Crippen molar-refractivity contribution in [2.45, 2.75) is 43.6 Å². The van der Waals surface area contributed by atoms with Crippen molar-refractivity contribution in [3.8, 4) is 0 Å². The number of carbonyl (C=O) groups excluding carboxylic acids is 2. The summed E-state index contributed by atoms with van der Waals surface area (Å²) in [6.07, 6.45) is 4.05. The summed E-state index contributed by atoms with van der Waals surface area (Å²) in [4.78, 5) is 26.1. The van der Waals surface area contributed by atoms with Gasteiger partial charge in [0, 0.05) is 10.6 Å². The van der Waals surface area contributed by atoms with E-state index in [1.807, 2.05) is 25.1 Å². The van der Waals surface area contributed by atoms with Gasteiger partial charge in [0.25, 0.3) is 0 Å². The lowest BCUT2D eigenvalue weighted by molar-refractivity contribution is -0.115. The summed E-state index contributed by atoms with van der Waals surface area (Å²) in [5, 5.41) is 3.41. The molecule has 0 saturated carbocycles. The van der Waals surface area contributed by atoms with Crippen LogP contribution in [0, 0.1) is 0 Å². The summed E-state index contributed by atoms with van der Waals surface area (Å²) in [7, 11) is 1.39. The standard InChI is InChI=1S/C20H23NO3S2/c1-13(25-12-14-8-4-3-5-9-14)18(22)21-19-17(20(23)24-2)15-10-6-7-11-16(15)26-19/h3-5,8-9,13H,6-7,10-12H2,1-2H3,(H,21,22). The minimum Gasteiger partial charge on any atom is -0.465 e. The highest BCUT2D eigenvalue weighted by atomic mass is 32.2. The maximum absolute atomic E-state index is 12.6. The Balaban J connectivity index is 1.70. The number of methoxy groups -OCH3 is 1. The Labute approximate surface area is 162 Å². The number of hydrogen-bond acceptors (Lipinski definition) is 5. The molecule has 1 aromatic heterocycles. The predicted molar refractivity (Wildman–Crippen MR) is 108 cm³/mol. The van der Waals surface area contributed by atoms with Crippen molar-refractivity contribution in [1.82, 2.24) is 0 Å². The SMILES string of the molecule is COC(=O)c1c(NC(=O)C(C)SCc2ccccc2)sc2c1CCCC2. The average Bonchev–Trinajstić information content (AvgIpc) is 3.04. The van der Waals surface area contributed by atoms with Crippen LogP contribution in [-0.2, 0) is 28.1 Å². The van der Waals surface area contributed by atoms with E-state index >= 15 is 0 Å². The number of hydrogen-bond donors (Lipinski definition) is 1. The summed E-state index contributed by atoms with van der Waals surface area (Å²) >= 11 is 3.11. The van der Waals surface area contributed by atoms with Gasteiger partial charge < -0.3 is 10.1 Å². The molecule has 0 saturated heterocycles. The van der Waals surface area contributed by atoms with Crippen LogP contribution in [0.3, 0.4) is 0 Å². The number of fused-ring (bicyclic) bond motifs is 1. The van der Waals surface area contributed by atoms with Gasteiger partial charge >= 0.3 is 5.97 Å². The van der Waals surface area contributed by atoms with E-state index in [1.165, 1.54) is 28.9 Å². The molecule has 6 heteroatoms. The minimum atomic E-state index is -0.357. The Hall–Kier alpha value is -1.79.